The van der Waals surface area contributed by atoms with Crippen LogP contribution in [-0.2, 0) is 17.6 Å². The summed E-state index contributed by atoms with van der Waals surface area (Å²) in [5.41, 5.74) is 0.842. The number of hydrogen-bond donors (Lipinski definition) is 1. The first-order chi connectivity index (χ1) is 8.63. The average molecular weight is 301 g/mol. The molecular formula is C12H13ClN2OS2. The van der Waals surface area contributed by atoms with E-state index < -0.39 is 0 Å². The van der Waals surface area contributed by atoms with Crippen LogP contribution in [0.25, 0.3) is 0 Å². The second kappa shape index (κ2) is 6.31. The topological polar surface area (TPSA) is 42.0 Å². The van der Waals surface area contributed by atoms with E-state index in [0.29, 0.717) is 13.0 Å². The Balaban J connectivity index is 1.72. The molecule has 1 N–H and O–H groups in total. The van der Waals surface area contributed by atoms with Crippen molar-refractivity contribution in [2.45, 2.75) is 19.8 Å². The summed E-state index contributed by atoms with van der Waals surface area (Å²) in [4.78, 5) is 17.1. The minimum atomic E-state index is 0.0166. The summed E-state index contributed by atoms with van der Waals surface area (Å²) in [6.07, 6.45) is 1.18. The molecule has 3 nitrogen and oxygen atoms in total. The predicted octanol–water partition coefficient (Wildman–Crippen LogP) is 3.07. The smallest absolute Gasteiger partial charge is 0.226 e. The molecule has 0 aliphatic heterocycles. The molecule has 0 saturated heterocycles. The standard InChI is InChI=1S/C12H13ClN2OS2/c1-8-15-9(7-17-8)6-12(16)14-5-4-10-2-3-11(13)18-10/h2-3,7H,4-6H2,1H3,(H,14,16). The van der Waals surface area contributed by atoms with E-state index in [2.05, 4.69) is 10.3 Å². The molecule has 2 rings (SSSR count). The summed E-state index contributed by atoms with van der Waals surface area (Å²) in [6.45, 7) is 2.57. The predicted molar refractivity (Wildman–Crippen MR) is 76.6 cm³/mol. The zero-order chi connectivity index (χ0) is 13.0. The van der Waals surface area contributed by atoms with Crippen LogP contribution >= 0.6 is 34.3 Å². The maximum absolute atomic E-state index is 11.6. The van der Waals surface area contributed by atoms with Crippen molar-refractivity contribution >= 4 is 40.2 Å². The minimum absolute atomic E-state index is 0.0166. The van der Waals surface area contributed by atoms with E-state index >= 15 is 0 Å². The molecular weight excluding hydrogens is 288 g/mol. The van der Waals surface area contributed by atoms with Crippen LogP contribution in [0.4, 0.5) is 0 Å². The van der Waals surface area contributed by atoms with Crippen molar-refractivity contribution in [3.63, 3.8) is 0 Å². The number of carbonyl (C=O) groups is 1. The third kappa shape index (κ3) is 4.08. The van der Waals surface area contributed by atoms with Gasteiger partial charge in [-0.15, -0.1) is 22.7 Å². The Kier molecular flexibility index (Phi) is 4.74. The Labute approximate surface area is 119 Å². The molecule has 6 heteroatoms. The van der Waals surface area contributed by atoms with E-state index in [9.17, 15) is 4.79 Å². The van der Waals surface area contributed by atoms with Crippen molar-refractivity contribution in [3.05, 3.63) is 37.4 Å². The molecule has 0 aromatic carbocycles. The number of carbonyl (C=O) groups excluding carboxylic acids is 1. The maximum Gasteiger partial charge on any atom is 0.226 e. The van der Waals surface area contributed by atoms with Gasteiger partial charge < -0.3 is 5.32 Å². The van der Waals surface area contributed by atoms with Gasteiger partial charge in [-0.3, -0.25) is 4.79 Å². The van der Waals surface area contributed by atoms with Crippen molar-refractivity contribution in [1.29, 1.82) is 0 Å². The van der Waals surface area contributed by atoms with Gasteiger partial charge in [-0.05, 0) is 25.5 Å². The molecule has 0 saturated carbocycles. The second-order valence-electron chi connectivity index (χ2n) is 3.84. The summed E-state index contributed by atoms with van der Waals surface area (Å²) in [5.74, 6) is 0.0166. The number of thiophene rings is 1. The molecule has 0 atom stereocenters. The van der Waals surface area contributed by atoms with E-state index in [1.165, 1.54) is 4.88 Å². The normalized spacial score (nSPS) is 10.6. The van der Waals surface area contributed by atoms with Gasteiger partial charge in [0, 0.05) is 16.8 Å². The number of thiazole rings is 1. The fraction of sp³-hybridized carbons (Fsp3) is 0.333. The molecule has 0 unspecified atom stereocenters. The number of halogens is 1. The average Bonchev–Trinajstić information content (AvgIpc) is 2.88. The van der Waals surface area contributed by atoms with Gasteiger partial charge in [-0.2, -0.15) is 0 Å². The van der Waals surface area contributed by atoms with E-state index in [-0.39, 0.29) is 5.91 Å². The monoisotopic (exact) mass is 300 g/mol. The SMILES string of the molecule is Cc1nc(CC(=O)NCCc2ccc(Cl)s2)cs1. The fourth-order valence-electron chi connectivity index (χ4n) is 1.53. The van der Waals surface area contributed by atoms with E-state index in [1.54, 1.807) is 22.7 Å². The fourth-order valence-corrected chi connectivity index (χ4v) is 3.23. The first-order valence-electron chi connectivity index (χ1n) is 5.55. The van der Waals surface area contributed by atoms with Crippen LogP contribution in [0.15, 0.2) is 17.5 Å². The molecule has 2 aromatic rings. The molecule has 0 aliphatic rings. The van der Waals surface area contributed by atoms with Crippen LogP contribution in [-0.4, -0.2) is 17.4 Å². The minimum Gasteiger partial charge on any atom is -0.355 e. The second-order valence-corrected chi connectivity index (χ2v) is 6.70. The highest BCUT2D eigenvalue weighted by molar-refractivity contribution is 7.16. The Morgan fingerprint density at radius 2 is 2.33 bits per heavy atom. The molecule has 2 aromatic heterocycles. The van der Waals surface area contributed by atoms with Crippen LogP contribution < -0.4 is 5.32 Å². The molecule has 0 spiro atoms. The van der Waals surface area contributed by atoms with Gasteiger partial charge in [0.2, 0.25) is 5.91 Å². The van der Waals surface area contributed by atoms with Gasteiger partial charge in [-0.25, -0.2) is 4.98 Å². The number of nitrogens with zero attached hydrogens (tertiary/aromatic N) is 1. The van der Waals surface area contributed by atoms with Crippen LogP contribution in [0.1, 0.15) is 15.6 Å². The zero-order valence-corrected chi connectivity index (χ0v) is 12.3. The van der Waals surface area contributed by atoms with E-state index in [4.69, 9.17) is 11.6 Å². The lowest BCUT2D eigenvalue weighted by Gasteiger charge is -2.02. The van der Waals surface area contributed by atoms with Crippen LogP contribution in [0.3, 0.4) is 0 Å². The number of amides is 1. The lowest BCUT2D eigenvalue weighted by molar-refractivity contribution is -0.120. The lowest BCUT2D eigenvalue weighted by atomic mass is 10.3. The maximum atomic E-state index is 11.6. The summed E-state index contributed by atoms with van der Waals surface area (Å²) >= 11 is 8.95. The van der Waals surface area contributed by atoms with Gasteiger partial charge >= 0.3 is 0 Å². The van der Waals surface area contributed by atoms with Gasteiger partial charge in [0.1, 0.15) is 0 Å². The van der Waals surface area contributed by atoms with Crippen molar-refractivity contribution < 1.29 is 4.79 Å². The number of aromatic nitrogens is 1. The van der Waals surface area contributed by atoms with E-state index in [0.717, 1.165) is 21.5 Å². The zero-order valence-electron chi connectivity index (χ0n) is 9.90. The van der Waals surface area contributed by atoms with Crippen molar-refractivity contribution in [2.75, 3.05) is 6.54 Å². The van der Waals surface area contributed by atoms with Crippen LogP contribution in [0.5, 0.6) is 0 Å². The molecule has 1 amide bonds. The lowest BCUT2D eigenvalue weighted by Crippen LogP contribution is -2.27. The Morgan fingerprint density at radius 1 is 1.50 bits per heavy atom. The molecule has 96 valence electrons. The highest BCUT2D eigenvalue weighted by atomic mass is 35.5. The third-order valence-corrected chi connectivity index (χ3v) is 4.44. The summed E-state index contributed by atoms with van der Waals surface area (Å²) in [7, 11) is 0. The Bertz CT molecular complexity index is 536. The summed E-state index contributed by atoms with van der Waals surface area (Å²) in [6, 6.07) is 3.87. The highest BCUT2D eigenvalue weighted by Crippen LogP contribution is 2.21. The number of nitrogens with one attached hydrogen (secondary N) is 1. The molecule has 0 aliphatic carbocycles. The van der Waals surface area contributed by atoms with E-state index in [1.807, 2.05) is 24.4 Å². The third-order valence-electron chi connectivity index (χ3n) is 2.33. The van der Waals surface area contributed by atoms with Gasteiger partial charge in [0.25, 0.3) is 0 Å². The van der Waals surface area contributed by atoms with Gasteiger partial charge in [-0.1, -0.05) is 11.6 Å². The van der Waals surface area contributed by atoms with Crippen molar-refractivity contribution in [2.24, 2.45) is 0 Å². The van der Waals surface area contributed by atoms with Crippen LogP contribution in [0, 0.1) is 6.92 Å². The number of rotatable bonds is 5. The van der Waals surface area contributed by atoms with Gasteiger partial charge in [0.15, 0.2) is 0 Å². The van der Waals surface area contributed by atoms with Crippen molar-refractivity contribution in [3.8, 4) is 0 Å². The van der Waals surface area contributed by atoms with Gasteiger partial charge in [0.05, 0.1) is 21.5 Å². The number of hydrogen-bond acceptors (Lipinski definition) is 4. The molecule has 2 heterocycles. The summed E-state index contributed by atoms with van der Waals surface area (Å²) < 4.78 is 0.786. The quantitative estimate of drug-likeness (QED) is 0.922. The Hall–Kier alpha value is -0.910. The molecule has 0 fully saturated rings. The molecule has 0 bridgehead atoms. The first kappa shape index (κ1) is 13.5. The van der Waals surface area contributed by atoms with Crippen LogP contribution in [0.2, 0.25) is 4.34 Å². The largest absolute Gasteiger partial charge is 0.355 e. The highest BCUT2D eigenvalue weighted by Gasteiger charge is 2.06. The first-order valence-corrected chi connectivity index (χ1v) is 7.63. The Morgan fingerprint density at radius 3 is 2.94 bits per heavy atom. The molecule has 0 radical (unpaired) electrons. The summed E-state index contributed by atoms with van der Waals surface area (Å²) in [5, 5.41) is 5.80. The molecule has 18 heavy (non-hydrogen) atoms. The number of aryl methyl sites for hydroxylation is 1. The van der Waals surface area contributed by atoms with Crippen molar-refractivity contribution in [1.82, 2.24) is 10.3 Å².